The average Bonchev–Trinajstić information content (AvgIpc) is 3.75. The Kier molecular flexibility index (Phi) is 7.10. The SMILES string of the molecule is Cc1cc2c(cc1C)[N@+]1(c3cc(Oc4cc(-c5ccccc5)c5c6ccccc6n(-c6ccccn6)c5c4)cc(C(C)(C)C)c3)[CH-][N@@+]2(c2ccccc2)C1. The Balaban J connectivity index is 1.17. The van der Waals surface area contributed by atoms with E-state index in [9.17, 15) is 0 Å². The normalized spacial score (nSPS) is 18.8. The van der Waals surface area contributed by atoms with E-state index < -0.39 is 0 Å². The van der Waals surface area contributed by atoms with Crippen molar-refractivity contribution in [3.05, 3.63) is 175 Å². The first kappa shape index (κ1) is 32.6. The number of aryl methyl sites for hydroxylation is 2. The quantitative estimate of drug-likeness (QED) is 0.127. The highest BCUT2D eigenvalue weighted by molar-refractivity contribution is 6.16. The van der Waals surface area contributed by atoms with Gasteiger partial charge in [0.2, 0.25) is 0 Å². The Labute approximate surface area is 317 Å². The lowest BCUT2D eigenvalue weighted by molar-refractivity contribution is 0.186. The molecule has 0 spiro atoms. The van der Waals surface area contributed by atoms with Crippen LogP contribution in [0.1, 0.15) is 37.5 Å². The van der Waals surface area contributed by atoms with E-state index in [2.05, 4.69) is 179 Å². The summed E-state index contributed by atoms with van der Waals surface area (Å²) in [4.78, 5) is 4.82. The highest BCUT2D eigenvalue weighted by atomic mass is 16.5. The Morgan fingerprint density at radius 1 is 0.630 bits per heavy atom. The number of aromatic nitrogens is 2. The molecule has 2 bridgehead atoms. The van der Waals surface area contributed by atoms with Gasteiger partial charge < -0.3 is 4.74 Å². The second-order valence-electron chi connectivity index (χ2n) is 16.1. The summed E-state index contributed by atoms with van der Waals surface area (Å²) in [7, 11) is 0. The highest BCUT2D eigenvalue weighted by Gasteiger charge is 2.63. The molecule has 11 rings (SSSR count). The molecule has 1 fully saturated rings. The van der Waals surface area contributed by atoms with E-state index in [0.717, 1.165) is 50.6 Å². The summed E-state index contributed by atoms with van der Waals surface area (Å²) >= 11 is 0. The van der Waals surface area contributed by atoms with E-state index in [0.29, 0.717) is 4.48 Å². The van der Waals surface area contributed by atoms with Gasteiger partial charge in [0.25, 0.3) is 0 Å². The number of nitrogens with zero attached hydrogens (tertiary/aromatic N) is 4. The second-order valence-corrected chi connectivity index (χ2v) is 16.1. The Hall–Kier alpha value is -6.01. The Bertz CT molecular complexity index is 2740. The molecule has 6 aromatic carbocycles. The summed E-state index contributed by atoms with van der Waals surface area (Å²) in [5, 5.41) is 2.37. The molecule has 5 heteroatoms. The predicted molar refractivity (Wildman–Crippen MR) is 224 cm³/mol. The molecule has 54 heavy (non-hydrogen) atoms. The van der Waals surface area contributed by atoms with Gasteiger partial charge in [0.1, 0.15) is 28.7 Å². The average molecular weight is 704 g/mol. The number of ether oxygens (including phenoxy) is 1. The fourth-order valence-corrected chi connectivity index (χ4v) is 8.78. The van der Waals surface area contributed by atoms with Crippen molar-refractivity contribution in [1.29, 1.82) is 0 Å². The number of quaternary nitrogens is 2. The van der Waals surface area contributed by atoms with Crippen LogP contribution in [0.3, 0.4) is 0 Å². The van der Waals surface area contributed by atoms with Gasteiger partial charge in [0.15, 0.2) is 18.0 Å². The Morgan fingerprint density at radius 3 is 1.94 bits per heavy atom. The monoisotopic (exact) mass is 703 g/mol. The van der Waals surface area contributed by atoms with Crippen molar-refractivity contribution in [3.63, 3.8) is 0 Å². The predicted octanol–water partition coefficient (Wildman–Crippen LogP) is 12.9. The number of fused-ring (bicyclic) bond motifs is 3. The first-order valence-electron chi connectivity index (χ1n) is 18.8. The maximum absolute atomic E-state index is 7.11. The molecule has 0 N–H and O–H groups in total. The number of pyridine rings is 1. The van der Waals surface area contributed by atoms with Crippen LogP contribution in [0.15, 0.2) is 152 Å². The summed E-state index contributed by atoms with van der Waals surface area (Å²) in [5.74, 6) is 2.49. The van der Waals surface area contributed by atoms with Crippen molar-refractivity contribution in [2.75, 3.05) is 6.67 Å². The van der Waals surface area contributed by atoms with E-state index in [1.165, 1.54) is 50.2 Å². The number of hydrogen-bond donors (Lipinski definition) is 0. The van der Waals surface area contributed by atoms with Gasteiger partial charge in [-0.1, -0.05) is 93.6 Å². The van der Waals surface area contributed by atoms with Gasteiger partial charge in [0.05, 0.1) is 17.7 Å². The zero-order chi connectivity index (χ0) is 36.8. The maximum atomic E-state index is 7.11. The smallest absolute Gasteiger partial charge is 0.186 e. The van der Waals surface area contributed by atoms with Crippen molar-refractivity contribution >= 4 is 44.6 Å². The fraction of sp³-hybridized carbons (Fsp3) is 0.143. The topological polar surface area (TPSA) is 27.1 Å². The second kappa shape index (κ2) is 11.7. The van der Waals surface area contributed by atoms with E-state index in [1.54, 1.807) is 0 Å². The summed E-state index contributed by atoms with van der Waals surface area (Å²) in [6.45, 7) is 14.7. The molecule has 0 unspecified atom stereocenters. The summed E-state index contributed by atoms with van der Waals surface area (Å²) < 4.78 is 10.8. The summed E-state index contributed by atoms with van der Waals surface area (Å²) in [6.07, 6.45) is 1.86. The largest absolute Gasteiger partial charge is 0.457 e. The van der Waals surface area contributed by atoms with Crippen molar-refractivity contribution in [2.45, 2.75) is 40.0 Å². The highest BCUT2D eigenvalue weighted by Crippen LogP contribution is 2.65. The van der Waals surface area contributed by atoms with Crippen LogP contribution in [0.25, 0.3) is 38.8 Å². The molecule has 0 aliphatic carbocycles. The molecule has 2 aromatic heterocycles. The van der Waals surface area contributed by atoms with Gasteiger partial charge >= 0.3 is 0 Å². The third kappa shape index (κ3) is 4.82. The van der Waals surface area contributed by atoms with Gasteiger partial charge in [0, 0.05) is 47.3 Å². The van der Waals surface area contributed by atoms with Crippen LogP contribution in [0.2, 0.25) is 0 Å². The van der Waals surface area contributed by atoms with Crippen molar-refractivity contribution in [2.24, 2.45) is 0 Å². The van der Waals surface area contributed by atoms with Gasteiger partial charge in [-0.3, -0.25) is 13.5 Å². The van der Waals surface area contributed by atoms with Crippen LogP contribution in [0.4, 0.5) is 22.7 Å². The lowest BCUT2D eigenvalue weighted by atomic mass is 9.86. The molecule has 0 saturated carbocycles. The van der Waals surface area contributed by atoms with E-state index >= 15 is 0 Å². The number of rotatable bonds is 6. The zero-order valence-electron chi connectivity index (χ0n) is 31.4. The molecule has 1 saturated heterocycles. The fourth-order valence-electron chi connectivity index (χ4n) is 8.78. The van der Waals surface area contributed by atoms with Gasteiger partial charge in [-0.25, -0.2) is 4.98 Å². The van der Waals surface area contributed by atoms with Gasteiger partial charge in [-0.05, 0) is 89.5 Å². The molecular formula is C49H43N4O+. The molecule has 3 aliphatic rings. The Morgan fingerprint density at radius 2 is 1.26 bits per heavy atom. The van der Waals surface area contributed by atoms with Crippen molar-refractivity contribution in [1.82, 2.24) is 18.5 Å². The van der Waals surface area contributed by atoms with Crippen LogP contribution < -0.4 is 13.7 Å². The third-order valence-corrected chi connectivity index (χ3v) is 11.7. The first-order chi connectivity index (χ1) is 26.1. The minimum absolute atomic E-state index is 0.0982. The molecule has 0 amide bonds. The molecule has 2 atom stereocenters. The van der Waals surface area contributed by atoms with Gasteiger partial charge in [-0.15, -0.1) is 0 Å². The number of para-hydroxylation sites is 2. The minimum atomic E-state index is -0.0982. The number of hydrogen-bond acceptors (Lipinski definition) is 2. The van der Waals surface area contributed by atoms with Crippen LogP contribution in [0, 0.1) is 20.5 Å². The maximum Gasteiger partial charge on any atom is 0.186 e. The lowest BCUT2D eigenvalue weighted by Crippen LogP contribution is -2.67. The number of benzene rings is 6. The van der Waals surface area contributed by atoms with Crippen molar-refractivity contribution < 1.29 is 4.74 Å². The van der Waals surface area contributed by atoms with E-state index in [1.807, 2.05) is 18.3 Å². The molecular weight excluding hydrogens is 661 g/mol. The van der Waals surface area contributed by atoms with E-state index in [-0.39, 0.29) is 5.41 Å². The molecule has 264 valence electrons. The third-order valence-electron chi connectivity index (χ3n) is 11.7. The molecule has 5 nitrogen and oxygen atoms in total. The zero-order valence-corrected chi connectivity index (χ0v) is 31.4. The minimum Gasteiger partial charge on any atom is -0.457 e. The molecule has 5 heterocycles. The summed E-state index contributed by atoms with van der Waals surface area (Å²) in [5.41, 5.74) is 13.4. The lowest BCUT2D eigenvalue weighted by Gasteiger charge is -2.56. The molecule has 8 aromatic rings. The van der Waals surface area contributed by atoms with Crippen LogP contribution in [0.5, 0.6) is 11.5 Å². The van der Waals surface area contributed by atoms with Crippen LogP contribution in [-0.2, 0) is 5.41 Å². The van der Waals surface area contributed by atoms with E-state index in [4.69, 9.17) is 9.72 Å². The first-order valence-corrected chi connectivity index (χ1v) is 18.8. The summed E-state index contributed by atoms with van der Waals surface area (Å²) in [6, 6.07) is 52.4. The standard InChI is InChI=1S/C49H43N4O/c1-33-24-45-46(25-34(33)2)53(31-52(45,32-53)37-18-10-7-11-19-37)38-26-36(49(3,4)5)27-39(28-38)54-40-29-42(35-16-8-6-9-17-35)48-41-20-12-13-21-43(41)51(44(48)30-40)47-22-14-15-23-50-47/h6-31H,32H2,1-5H3/q+1/t52-,53+/m0/s1. The van der Waals surface area contributed by atoms with Crippen LogP contribution >= 0.6 is 0 Å². The molecule has 3 aliphatic heterocycles. The van der Waals surface area contributed by atoms with Crippen LogP contribution in [-0.4, -0.2) is 16.2 Å². The van der Waals surface area contributed by atoms with Crippen molar-refractivity contribution in [3.8, 4) is 28.4 Å². The molecule has 0 radical (unpaired) electrons. The van der Waals surface area contributed by atoms with Gasteiger partial charge in [-0.2, -0.15) is 0 Å².